The van der Waals surface area contributed by atoms with Gasteiger partial charge in [0.15, 0.2) is 25.9 Å². The molecule has 4 aliphatic heterocycles. The summed E-state index contributed by atoms with van der Waals surface area (Å²) < 4.78 is 50.3. The highest BCUT2D eigenvalue weighted by Gasteiger charge is 2.39. The first-order valence-electron chi connectivity index (χ1n) is 54.3. The van der Waals surface area contributed by atoms with Gasteiger partial charge in [-0.3, -0.25) is 14.4 Å². The molecule has 10 aromatic rings. The molecule has 0 atom stereocenters. The number of hydrogen-bond acceptors (Lipinski definition) is 18. The van der Waals surface area contributed by atoms with Crippen molar-refractivity contribution in [1.29, 1.82) is 0 Å². The van der Waals surface area contributed by atoms with Crippen molar-refractivity contribution in [2.75, 3.05) is 149 Å². The predicted molar refractivity (Wildman–Crippen MR) is 584 cm³/mol. The summed E-state index contributed by atoms with van der Waals surface area (Å²) in [7, 11) is 0. The van der Waals surface area contributed by atoms with E-state index in [0.29, 0.717) is 95.4 Å². The molecule has 150 heavy (non-hydrogen) atoms. The van der Waals surface area contributed by atoms with E-state index in [4.69, 9.17) is 49.5 Å². The summed E-state index contributed by atoms with van der Waals surface area (Å²) >= 11 is 6.27. The Morgan fingerprint density at radius 2 is 0.667 bits per heavy atom. The molecule has 1 aromatic heterocycles. The molecule has 802 valence electrons. The van der Waals surface area contributed by atoms with E-state index >= 15 is 0 Å². The fourth-order valence-electron chi connectivity index (χ4n) is 21.4. The Labute approximate surface area is 892 Å². The van der Waals surface area contributed by atoms with Crippen LogP contribution in [0.1, 0.15) is 291 Å². The number of halogens is 1. The van der Waals surface area contributed by atoms with Gasteiger partial charge < -0.3 is 71.8 Å². The molecule has 5 fully saturated rings. The summed E-state index contributed by atoms with van der Waals surface area (Å²) in [5.74, 6) is -3.30. The first kappa shape index (κ1) is 117. The number of esters is 7. The third kappa shape index (κ3) is 35.5. The molecule has 5 aliphatic rings. The monoisotopic (exact) mass is 2070 g/mol. The van der Waals surface area contributed by atoms with E-state index in [1.54, 1.807) is 120 Å². The second-order valence-corrected chi connectivity index (χ2v) is 40.2. The van der Waals surface area contributed by atoms with E-state index in [2.05, 4.69) is 110 Å². The van der Waals surface area contributed by atoms with Gasteiger partial charge in [-0.25, -0.2) is 33.6 Å². The number of aromatic nitrogens is 2. The average molecular weight is 2080 g/mol. The van der Waals surface area contributed by atoms with Gasteiger partial charge in [0.05, 0.1) is 178 Å². The fraction of sp³-hybridized carbons (Fsp3) is 0.451. The van der Waals surface area contributed by atoms with Crippen LogP contribution in [0.25, 0.3) is 0 Å². The van der Waals surface area contributed by atoms with Gasteiger partial charge in [-0.15, -0.1) is 4.68 Å². The van der Waals surface area contributed by atoms with Crippen molar-refractivity contribution in [1.82, 2.24) is 10.00 Å². The lowest BCUT2D eigenvalue weighted by Gasteiger charge is -2.38. The van der Waals surface area contributed by atoms with E-state index in [9.17, 15) is 47.9 Å². The molecular formula is C122H159ClN9O18+5. The van der Waals surface area contributed by atoms with Gasteiger partial charge in [0.25, 0.3) is 17.7 Å². The average Bonchev–Trinajstić information content (AvgIpc) is 1.82. The van der Waals surface area contributed by atoms with Crippen molar-refractivity contribution in [2.24, 2.45) is 0 Å². The molecule has 1 aliphatic carbocycles. The summed E-state index contributed by atoms with van der Waals surface area (Å²) in [4.78, 5) is 126. The number of benzene rings is 9. The Morgan fingerprint density at radius 1 is 0.333 bits per heavy atom. The first-order chi connectivity index (χ1) is 72.8. The van der Waals surface area contributed by atoms with Crippen LogP contribution in [0.2, 0.25) is 5.02 Å². The van der Waals surface area contributed by atoms with Crippen LogP contribution in [0.5, 0.6) is 5.75 Å². The third-order valence-corrected chi connectivity index (χ3v) is 29.0. The van der Waals surface area contributed by atoms with E-state index in [1.807, 2.05) is 87.6 Å². The van der Waals surface area contributed by atoms with E-state index in [-0.39, 0.29) is 79.6 Å². The van der Waals surface area contributed by atoms with E-state index in [1.165, 1.54) is 119 Å². The van der Waals surface area contributed by atoms with Crippen molar-refractivity contribution in [2.45, 2.75) is 223 Å². The Hall–Kier alpha value is -13.2. The van der Waals surface area contributed by atoms with Gasteiger partial charge >= 0.3 is 41.8 Å². The van der Waals surface area contributed by atoms with Crippen LogP contribution in [-0.2, 0) is 75.5 Å². The van der Waals surface area contributed by atoms with Crippen LogP contribution in [0, 0.1) is 20.8 Å². The number of quaternary nitrogens is 4. The number of rotatable bonds is 39. The second kappa shape index (κ2) is 61.2. The Kier molecular flexibility index (Phi) is 47.8. The zero-order valence-electron chi connectivity index (χ0n) is 89.7. The van der Waals surface area contributed by atoms with Crippen molar-refractivity contribution in [3.63, 3.8) is 0 Å². The summed E-state index contributed by atoms with van der Waals surface area (Å²) in [6.45, 7) is 34.0. The number of carbonyl (C=O) groups is 10. The van der Waals surface area contributed by atoms with Gasteiger partial charge in [0.1, 0.15) is 45.1 Å². The van der Waals surface area contributed by atoms with Gasteiger partial charge in [0.2, 0.25) is 6.54 Å². The quantitative estimate of drug-likeness (QED) is 0.0140. The van der Waals surface area contributed by atoms with E-state index in [0.717, 1.165) is 146 Å². The standard InChI is InChI=1S/C26H34N2O4.C26H34N2O3.C26H34NO4.C22H25ClN2O3.C22H29N2O4/c1-3-31-23-16-12-15-22(26(30)32-4-2)25(23)27-24(29)20-28(17-10-5-6-11-18-28)19-21-13-8-7-9-14-21;1-3-31-26(30)23-15-11-12-21(2)24(23)25(29)27-16-19-28(17-9-4-5-10-18-28)20-22-13-7-6-8-14-22;1-3-30-25(28)23-15-11-12-21(2)24(23)26(29)31-19-18-27(16-9-4-5-10-17-27)20-22-13-7-6-8-14-22;1-2-28-22(27)18-11-8-12-19(23)21(18)24-20(26)16-25(13-6-7-14-25)15-17-9-4-3-5-10-17;1-3-27-21(25)19-12-7-9-17(2)20(19)22(26)28-16-15-23-13-8-14-24(23)18-10-5-4-6-11-18/h7-9,12-16H,3-6,10-11,17-20H2,1-2H3;2*6-8,11-15H,3-5,9-10,16-20H2,1-2H3;3-5,8-12H,2,6-7,13-16H2,1H3;7-9,12-14,18H,3-6,10-11,15-16H2,1-2H3/q;;+1;;+1/p+3. The highest BCUT2D eigenvalue weighted by molar-refractivity contribution is 6.34. The van der Waals surface area contributed by atoms with Crippen LogP contribution >= 0.6 is 11.6 Å². The molecule has 0 radical (unpaired) electrons. The van der Waals surface area contributed by atoms with Crippen LogP contribution in [-0.4, -0.2) is 220 Å². The number of hydrogen-bond donors (Lipinski definition) is 3. The summed E-state index contributed by atoms with van der Waals surface area (Å²) in [5, 5.41) is 9.29. The molecule has 0 bridgehead atoms. The van der Waals surface area contributed by atoms with Crippen LogP contribution in [0.15, 0.2) is 231 Å². The summed E-state index contributed by atoms with van der Waals surface area (Å²) in [6.07, 6.45) is 27.2. The number of anilines is 2. The fourth-order valence-corrected chi connectivity index (χ4v) is 21.6. The molecule has 0 spiro atoms. The third-order valence-electron chi connectivity index (χ3n) is 28.7. The molecule has 27 nitrogen and oxygen atoms in total. The number of likely N-dealkylation sites (tertiary alicyclic amines) is 4. The Balaban J connectivity index is 0.000000178. The highest BCUT2D eigenvalue weighted by atomic mass is 35.5. The van der Waals surface area contributed by atoms with Crippen LogP contribution in [0.3, 0.4) is 0 Å². The lowest BCUT2D eigenvalue weighted by Crippen LogP contribution is -2.52. The molecule has 4 saturated heterocycles. The van der Waals surface area contributed by atoms with Crippen LogP contribution < -0.4 is 25.4 Å². The smallest absolute Gasteiger partial charge is 0.340 e. The number of nitrogens with one attached hydrogen (secondary N) is 3. The minimum absolute atomic E-state index is 0.111. The summed E-state index contributed by atoms with van der Waals surface area (Å²) in [5.41, 5.74) is 10.5. The second-order valence-electron chi connectivity index (χ2n) is 39.8. The molecule has 0 unspecified atom stereocenters. The molecule has 1 saturated carbocycles. The van der Waals surface area contributed by atoms with Gasteiger partial charge in [-0.05, 0) is 211 Å². The zero-order valence-corrected chi connectivity index (χ0v) is 90.5. The van der Waals surface area contributed by atoms with Gasteiger partial charge in [-0.1, -0.05) is 201 Å². The lowest BCUT2D eigenvalue weighted by molar-refractivity contribution is -0.940. The Bertz CT molecular complexity index is 5820. The SMILES string of the molecule is CCOC(=O)c1cccc(C)c1C(=O)NCC[N+]1(Cc2ccccc2)CCCCCC1.CCOC(=O)c1cccc(C)c1C(=O)OCC[N+]1(Cc2ccccc2)CCCCCC1.CCOC(=O)c1cccc(C)c1C(=O)OCC[n+]1cccn1C1CCCCC1.CCOC(=O)c1cccc(Cl)c1NC(=O)C[N+]1(Cc2ccccc2)CCCC1.CCOC(=O)c1cccc(OCC)c1NC(=O)C[N+]1(Cc2ccccc2)CCCCCC1. The van der Waals surface area contributed by atoms with Crippen molar-refractivity contribution in [3.8, 4) is 5.75 Å². The molecule has 9 aromatic carbocycles. The first-order valence-corrected chi connectivity index (χ1v) is 54.7. The minimum atomic E-state index is -0.501. The largest absolute Gasteiger partial charge is 0.492 e. The molecule has 3 N–H and O–H groups in total. The normalized spacial score (nSPS) is 15.3. The maximum Gasteiger partial charge on any atom is 0.340 e. The van der Waals surface area contributed by atoms with Crippen molar-refractivity contribution in [3.05, 3.63) is 319 Å². The lowest BCUT2D eigenvalue weighted by atomic mass is 9.96. The number of aryl methyl sites for hydroxylation is 3. The zero-order chi connectivity index (χ0) is 107. The Morgan fingerprint density at radius 3 is 1.08 bits per heavy atom. The molecular weight excluding hydrogens is 1910 g/mol. The topological polar surface area (TPSA) is 289 Å². The van der Waals surface area contributed by atoms with Crippen LogP contribution in [0.4, 0.5) is 11.4 Å². The molecule has 15 rings (SSSR count). The van der Waals surface area contributed by atoms with Gasteiger partial charge in [0, 0.05) is 41.2 Å². The number of para-hydroxylation sites is 2. The van der Waals surface area contributed by atoms with Crippen molar-refractivity contribution >= 4 is 82.5 Å². The van der Waals surface area contributed by atoms with Crippen molar-refractivity contribution < 1.29 is 108 Å². The summed E-state index contributed by atoms with van der Waals surface area (Å²) in [6, 6.07) is 70.1. The van der Waals surface area contributed by atoms with E-state index < -0.39 is 41.8 Å². The molecule has 3 amide bonds. The van der Waals surface area contributed by atoms with Gasteiger partial charge in [-0.2, -0.15) is 4.68 Å². The highest BCUT2D eigenvalue weighted by Crippen LogP contribution is 2.35. The number of amides is 3. The predicted octanol–water partition coefficient (Wildman–Crippen LogP) is 22.1. The maximum absolute atomic E-state index is 13.3. The number of carbonyl (C=O) groups excluding carboxylic acids is 10. The minimum Gasteiger partial charge on any atom is -0.492 e. The molecule has 5 heterocycles. The number of ether oxygens (including phenoxy) is 8. The molecule has 28 heteroatoms. The number of nitrogens with zero attached hydrogens (tertiary/aromatic N) is 6. The maximum atomic E-state index is 13.3.